The molecule has 1 aromatic carbocycles. The lowest BCUT2D eigenvalue weighted by Gasteiger charge is -2.19. The average Bonchev–Trinajstić information content (AvgIpc) is 2.63. The lowest BCUT2D eigenvalue weighted by atomic mass is 10.1. The van der Waals surface area contributed by atoms with Gasteiger partial charge in [0.05, 0.1) is 19.2 Å². The molecular formula is C14H19N3O2S. The van der Waals surface area contributed by atoms with Gasteiger partial charge in [-0.15, -0.1) is 0 Å². The van der Waals surface area contributed by atoms with Gasteiger partial charge < -0.3 is 15.8 Å². The number of thiocarbonyl (C=S) groups is 1. The highest BCUT2D eigenvalue weighted by Gasteiger charge is 2.15. The predicted octanol–water partition coefficient (Wildman–Crippen LogP) is 0.651. The number of hydrogen-bond acceptors (Lipinski definition) is 4. The van der Waals surface area contributed by atoms with Gasteiger partial charge in [0, 0.05) is 19.6 Å². The lowest BCUT2D eigenvalue weighted by Crippen LogP contribution is -2.32. The molecule has 1 saturated heterocycles. The second-order valence-electron chi connectivity index (χ2n) is 4.81. The minimum atomic E-state index is 0.0746. The number of ether oxygens (including phenoxy) is 1. The zero-order valence-corrected chi connectivity index (χ0v) is 12.3. The molecule has 1 heterocycles. The first-order chi connectivity index (χ1) is 9.60. The highest BCUT2D eigenvalue weighted by Crippen LogP contribution is 2.20. The van der Waals surface area contributed by atoms with Crippen LogP contribution >= 0.6 is 12.2 Å². The normalized spacial score (nSPS) is 16.4. The van der Waals surface area contributed by atoms with E-state index in [1.807, 2.05) is 18.2 Å². The number of hydrogen-bond donors (Lipinski definition) is 2. The molecule has 6 heteroatoms. The molecule has 1 aromatic rings. The van der Waals surface area contributed by atoms with E-state index in [0.717, 1.165) is 30.6 Å². The summed E-state index contributed by atoms with van der Waals surface area (Å²) in [7, 11) is 1.59. The van der Waals surface area contributed by atoms with Crippen molar-refractivity contribution in [3.8, 4) is 5.75 Å². The van der Waals surface area contributed by atoms with Gasteiger partial charge in [-0.3, -0.25) is 9.69 Å². The Morgan fingerprint density at radius 2 is 2.35 bits per heavy atom. The first-order valence-corrected chi connectivity index (χ1v) is 6.96. The Morgan fingerprint density at radius 1 is 1.55 bits per heavy atom. The second-order valence-corrected chi connectivity index (χ2v) is 5.25. The maximum absolute atomic E-state index is 11.5. The fraction of sp³-hybridized carbons (Fsp3) is 0.429. The number of benzene rings is 1. The average molecular weight is 293 g/mol. The van der Waals surface area contributed by atoms with E-state index < -0.39 is 0 Å². The summed E-state index contributed by atoms with van der Waals surface area (Å²) in [6, 6.07) is 5.77. The maximum Gasteiger partial charge on any atom is 0.234 e. The number of nitrogens with zero attached hydrogens (tertiary/aromatic N) is 1. The molecule has 0 spiro atoms. The number of carbonyl (C=O) groups excluding carboxylic acids is 1. The smallest absolute Gasteiger partial charge is 0.234 e. The Labute approximate surface area is 124 Å². The Bertz CT molecular complexity index is 519. The molecule has 0 unspecified atom stereocenters. The summed E-state index contributed by atoms with van der Waals surface area (Å²) >= 11 is 5.04. The first-order valence-electron chi connectivity index (χ1n) is 6.56. The van der Waals surface area contributed by atoms with Gasteiger partial charge in [0.1, 0.15) is 10.7 Å². The van der Waals surface area contributed by atoms with Crippen molar-refractivity contribution in [2.75, 3.05) is 26.7 Å². The SMILES string of the molecule is COc1ccc(CN2CCCNC(=O)C2)cc1C(N)=S. The fourth-order valence-corrected chi connectivity index (χ4v) is 2.47. The molecule has 108 valence electrons. The second kappa shape index (κ2) is 6.67. The molecule has 1 amide bonds. The van der Waals surface area contributed by atoms with Gasteiger partial charge in [0.2, 0.25) is 5.91 Å². The van der Waals surface area contributed by atoms with Crippen LogP contribution in [0.15, 0.2) is 18.2 Å². The quantitative estimate of drug-likeness (QED) is 0.798. The van der Waals surface area contributed by atoms with E-state index in [-0.39, 0.29) is 5.91 Å². The molecule has 20 heavy (non-hydrogen) atoms. The van der Waals surface area contributed by atoms with Gasteiger partial charge in [0.25, 0.3) is 0 Å². The predicted molar refractivity (Wildman–Crippen MR) is 81.8 cm³/mol. The Balaban J connectivity index is 2.14. The summed E-state index contributed by atoms with van der Waals surface area (Å²) < 4.78 is 5.24. The van der Waals surface area contributed by atoms with Gasteiger partial charge in [0.15, 0.2) is 0 Å². The molecular weight excluding hydrogens is 274 g/mol. The zero-order chi connectivity index (χ0) is 14.5. The monoisotopic (exact) mass is 293 g/mol. The van der Waals surface area contributed by atoms with Crippen molar-refractivity contribution in [1.29, 1.82) is 0 Å². The number of methoxy groups -OCH3 is 1. The summed E-state index contributed by atoms with van der Waals surface area (Å²) in [5, 5.41) is 2.87. The van der Waals surface area contributed by atoms with Crippen molar-refractivity contribution in [2.24, 2.45) is 5.73 Å². The molecule has 1 aliphatic rings. The van der Waals surface area contributed by atoms with Crippen LogP contribution < -0.4 is 15.8 Å². The van der Waals surface area contributed by atoms with Crippen LogP contribution in [-0.4, -0.2) is 42.5 Å². The van der Waals surface area contributed by atoms with Crippen LogP contribution in [0.3, 0.4) is 0 Å². The third-order valence-electron chi connectivity index (χ3n) is 3.28. The van der Waals surface area contributed by atoms with Crippen molar-refractivity contribution in [2.45, 2.75) is 13.0 Å². The van der Waals surface area contributed by atoms with E-state index in [1.165, 1.54) is 0 Å². The molecule has 5 nitrogen and oxygen atoms in total. The van der Waals surface area contributed by atoms with Gasteiger partial charge >= 0.3 is 0 Å². The summed E-state index contributed by atoms with van der Waals surface area (Å²) in [5.74, 6) is 0.750. The van der Waals surface area contributed by atoms with E-state index in [9.17, 15) is 4.79 Å². The number of nitrogens with two attached hydrogens (primary N) is 1. The highest BCUT2D eigenvalue weighted by molar-refractivity contribution is 7.80. The molecule has 1 fully saturated rings. The molecule has 0 saturated carbocycles. The van der Waals surface area contributed by atoms with Gasteiger partial charge in [-0.25, -0.2) is 0 Å². The van der Waals surface area contributed by atoms with E-state index in [1.54, 1.807) is 7.11 Å². The summed E-state index contributed by atoms with van der Waals surface area (Å²) in [6.07, 6.45) is 0.962. The maximum atomic E-state index is 11.5. The zero-order valence-electron chi connectivity index (χ0n) is 11.5. The van der Waals surface area contributed by atoms with Crippen LogP contribution in [0, 0.1) is 0 Å². The Hall–Kier alpha value is -1.66. The number of rotatable bonds is 4. The standard InChI is InChI=1S/C14H19N3O2S/c1-19-12-4-3-10(7-11(12)14(15)20)8-17-6-2-5-16-13(18)9-17/h3-4,7H,2,5-6,8-9H2,1H3,(H2,15,20)(H,16,18). The summed E-state index contributed by atoms with van der Waals surface area (Å²) in [5.41, 5.74) is 7.52. The molecule has 3 N–H and O–H groups in total. The molecule has 2 rings (SSSR count). The molecule has 0 atom stereocenters. The van der Waals surface area contributed by atoms with Crippen LogP contribution in [0.1, 0.15) is 17.5 Å². The molecule has 0 aliphatic carbocycles. The van der Waals surface area contributed by atoms with Gasteiger partial charge in [-0.2, -0.15) is 0 Å². The van der Waals surface area contributed by atoms with Gasteiger partial charge in [-0.1, -0.05) is 18.3 Å². The Kier molecular flexibility index (Phi) is 4.92. The number of carbonyl (C=O) groups is 1. The lowest BCUT2D eigenvalue weighted by molar-refractivity contribution is -0.121. The van der Waals surface area contributed by atoms with E-state index in [2.05, 4.69) is 10.2 Å². The number of nitrogens with one attached hydrogen (secondary N) is 1. The largest absolute Gasteiger partial charge is 0.496 e. The van der Waals surface area contributed by atoms with E-state index >= 15 is 0 Å². The van der Waals surface area contributed by atoms with Crippen molar-refractivity contribution < 1.29 is 9.53 Å². The minimum Gasteiger partial charge on any atom is -0.496 e. The molecule has 0 radical (unpaired) electrons. The van der Waals surface area contributed by atoms with Gasteiger partial charge in [-0.05, 0) is 24.1 Å². The third-order valence-corrected chi connectivity index (χ3v) is 3.50. The first kappa shape index (κ1) is 14.7. The molecule has 0 bridgehead atoms. The van der Waals surface area contributed by atoms with Crippen LogP contribution in [0.4, 0.5) is 0 Å². The Morgan fingerprint density at radius 3 is 3.05 bits per heavy atom. The van der Waals surface area contributed by atoms with E-state index in [0.29, 0.717) is 23.8 Å². The van der Waals surface area contributed by atoms with Crippen LogP contribution in [0.2, 0.25) is 0 Å². The summed E-state index contributed by atoms with van der Waals surface area (Å²) in [4.78, 5) is 14.0. The van der Waals surface area contributed by atoms with Crippen LogP contribution in [-0.2, 0) is 11.3 Å². The van der Waals surface area contributed by atoms with Crippen molar-refractivity contribution >= 4 is 23.1 Å². The number of amides is 1. The molecule has 0 aromatic heterocycles. The van der Waals surface area contributed by atoms with Crippen LogP contribution in [0.25, 0.3) is 0 Å². The van der Waals surface area contributed by atoms with Crippen LogP contribution in [0.5, 0.6) is 5.75 Å². The van der Waals surface area contributed by atoms with E-state index in [4.69, 9.17) is 22.7 Å². The van der Waals surface area contributed by atoms with Crippen molar-refractivity contribution in [3.05, 3.63) is 29.3 Å². The third kappa shape index (κ3) is 3.68. The summed E-state index contributed by atoms with van der Waals surface area (Å²) in [6.45, 7) is 2.77. The minimum absolute atomic E-state index is 0.0746. The topological polar surface area (TPSA) is 67.6 Å². The fourth-order valence-electron chi connectivity index (χ4n) is 2.31. The highest BCUT2D eigenvalue weighted by atomic mass is 32.1. The molecule has 1 aliphatic heterocycles. The van der Waals surface area contributed by atoms with Crippen molar-refractivity contribution in [1.82, 2.24) is 10.2 Å². The van der Waals surface area contributed by atoms with Crippen molar-refractivity contribution in [3.63, 3.8) is 0 Å².